The summed E-state index contributed by atoms with van der Waals surface area (Å²) in [7, 11) is 1.63. The Balaban J connectivity index is 2.61. The smallest absolute Gasteiger partial charge is 0.137 e. The zero-order valence-electron chi connectivity index (χ0n) is 12.5. The van der Waals surface area contributed by atoms with Crippen molar-refractivity contribution in [2.75, 3.05) is 13.7 Å². The van der Waals surface area contributed by atoms with Crippen LogP contribution < -0.4 is 10.5 Å². The highest BCUT2D eigenvalue weighted by Gasteiger charge is 2.19. The second-order valence-corrected chi connectivity index (χ2v) is 6.79. The number of nitrogens with two attached hydrogens (primary N) is 1. The van der Waals surface area contributed by atoms with Crippen molar-refractivity contribution in [3.8, 4) is 5.75 Å². The maximum absolute atomic E-state index is 12.1. The van der Waals surface area contributed by atoms with Crippen LogP contribution in [0.3, 0.4) is 0 Å². The molecule has 112 valence electrons. The lowest BCUT2D eigenvalue weighted by Crippen LogP contribution is -2.19. The van der Waals surface area contributed by atoms with Crippen molar-refractivity contribution in [2.45, 2.75) is 39.5 Å². The van der Waals surface area contributed by atoms with Crippen molar-refractivity contribution >= 4 is 21.7 Å². The van der Waals surface area contributed by atoms with E-state index in [1.165, 1.54) is 0 Å². The molecule has 0 aliphatic rings. The van der Waals surface area contributed by atoms with Crippen LogP contribution in [0.5, 0.6) is 5.75 Å². The van der Waals surface area contributed by atoms with E-state index >= 15 is 0 Å². The minimum absolute atomic E-state index is 0.131. The van der Waals surface area contributed by atoms with E-state index in [1.54, 1.807) is 7.11 Å². The molecule has 0 amide bonds. The van der Waals surface area contributed by atoms with Gasteiger partial charge in [-0.05, 0) is 43.0 Å². The summed E-state index contributed by atoms with van der Waals surface area (Å²) < 4.78 is 6.26. The highest BCUT2D eigenvalue weighted by Crippen LogP contribution is 2.28. The van der Waals surface area contributed by atoms with Gasteiger partial charge in [-0.1, -0.05) is 29.8 Å². The average molecular weight is 342 g/mol. The monoisotopic (exact) mass is 341 g/mol. The first-order valence-electron chi connectivity index (χ1n) is 6.92. The Labute approximate surface area is 130 Å². The highest BCUT2D eigenvalue weighted by molar-refractivity contribution is 9.10. The Kier molecular flexibility index (Phi) is 6.69. The molecule has 0 saturated heterocycles. The number of rotatable bonds is 8. The second kappa shape index (κ2) is 7.79. The molecule has 0 aliphatic carbocycles. The topological polar surface area (TPSA) is 52.3 Å². The molecule has 1 aromatic rings. The number of Topliss-reactive ketones (excluding diaryl/α,β-unsaturated/α-hetero) is 1. The first-order valence-corrected chi connectivity index (χ1v) is 7.71. The molecular weight excluding hydrogens is 318 g/mol. The molecule has 0 spiro atoms. The molecule has 0 aromatic heterocycles. The summed E-state index contributed by atoms with van der Waals surface area (Å²) in [6.45, 7) is 4.99. The van der Waals surface area contributed by atoms with Crippen LogP contribution in [-0.4, -0.2) is 19.4 Å². The van der Waals surface area contributed by atoms with Gasteiger partial charge < -0.3 is 10.5 Å². The summed E-state index contributed by atoms with van der Waals surface area (Å²) >= 11 is 3.43. The number of hydrogen-bond donors (Lipinski definition) is 1. The van der Waals surface area contributed by atoms with Crippen molar-refractivity contribution in [3.05, 3.63) is 28.2 Å². The summed E-state index contributed by atoms with van der Waals surface area (Å²) in [6.07, 6.45) is 2.82. The standard InChI is InChI=1S/C16H24BrNO2/c1-16(2,8-9-18)7-6-14(19)11-12-10-13(17)4-5-15(12)20-3/h4-5,10H,6-9,11,18H2,1-3H3. The van der Waals surface area contributed by atoms with Gasteiger partial charge in [-0.2, -0.15) is 0 Å². The van der Waals surface area contributed by atoms with E-state index < -0.39 is 0 Å². The Bertz CT molecular complexity index is 458. The maximum Gasteiger partial charge on any atom is 0.137 e. The number of benzene rings is 1. The minimum atomic E-state index is 0.131. The number of methoxy groups -OCH3 is 1. The van der Waals surface area contributed by atoms with Crippen LogP contribution in [0.2, 0.25) is 0 Å². The lowest BCUT2D eigenvalue weighted by atomic mass is 9.83. The van der Waals surface area contributed by atoms with E-state index in [0.29, 0.717) is 19.4 Å². The molecule has 0 unspecified atom stereocenters. The Morgan fingerprint density at radius 2 is 2.05 bits per heavy atom. The maximum atomic E-state index is 12.1. The number of ether oxygens (including phenoxy) is 1. The first kappa shape index (κ1) is 17.2. The van der Waals surface area contributed by atoms with Crippen LogP contribution in [0, 0.1) is 5.41 Å². The third-order valence-electron chi connectivity index (χ3n) is 3.53. The molecule has 0 saturated carbocycles. The van der Waals surface area contributed by atoms with Crippen molar-refractivity contribution < 1.29 is 9.53 Å². The normalized spacial score (nSPS) is 11.4. The molecule has 20 heavy (non-hydrogen) atoms. The number of hydrogen-bond acceptors (Lipinski definition) is 3. The van der Waals surface area contributed by atoms with Crippen LogP contribution in [0.25, 0.3) is 0 Å². The van der Waals surface area contributed by atoms with E-state index in [1.807, 2.05) is 18.2 Å². The number of halogens is 1. The lowest BCUT2D eigenvalue weighted by Gasteiger charge is -2.23. The summed E-state index contributed by atoms with van der Waals surface area (Å²) in [5.41, 5.74) is 6.66. The van der Waals surface area contributed by atoms with Gasteiger partial charge in [0.25, 0.3) is 0 Å². The predicted octanol–water partition coefficient (Wildman–Crippen LogP) is 3.72. The largest absolute Gasteiger partial charge is 0.496 e. The van der Waals surface area contributed by atoms with E-state index in [2.05, 4.69) is 29.8 Å². The summed E-state index contributed by atoms with van der Waals surface area (Å²) in [5.74, 6) is 1.01. The molecule has 1 aromatic carbocycles. The molecule has 0 bridgehead atoms. The van der Waals surface area contributed by atoms with Gasteiger partial charge in [0.05, 0.1) is 7.11 Å². The van der Waals surface area contributed by atoms with E-state index in [9.17, 15) is 4.79 Å². The SMILES string of the molecule is COc1ccc(Br)cc1CC(=O)CCC(C)(C)CCN. The molecule has 1 rings (SSSR count). The molecule has 0 heterocycles. The Morgan fingerprint density at radius 3 is 2.65 bits per heavy atom. The highest BCUT2D eigenvalue weighted by atomic mass is 79.9. The first-order chi connectivity index (χ1) is 9.38. The fourth-order valence-electron chi connectivity index (χ4n) is 2.18. The molecule has 0 radical (unpaired) electrons. The van der Waals surface area contributed by atoms with Gasteiger partial charge in [-0.15, -0.1) is 0 Å². The molecular formula is C16H24BrNO2. The third-order valence-corrected chi connectivity index (χ3v) is 4.03. The van der Waals surface area contributed by atoms with Crippen LogP contribution >= 0.6 is 15.9 Å². The number of ketones is 1. The summed E-state index contributed by atoms with van der Waals surface area (Å²) in [6, 6.07) is 5.74. The van der Waals surface area contributed by atoms with Crippen LogP contribution in [-0.2, 0) is 11.2 Å². The third kappa shape index (κ3) is 5.63. The second-order valence-electron chi connectivity index (χ2n) is 5.87. The van der Waals surface area contributed by atoms with E-state index in [-0.39, 0.29) is 11.2 Å². The quantitative estimate of drug-likeness (QED) is 0.783. The van der Waals surface area contributed by atoms with Gasteiger partial charge in [0.15, 0.2) is 0 Å². The van der Waals surface area contributed by atoms with E-state index in [0.717, 1.165) is 28.6 Å². The average Bonchev–Trinajstić information content (AvgIpc) is 2.37. The zero-order chi connectivity index (χ0) is 15.2. The fourth-order valence-corrected chi connectivity index (χ4v) is 2.59. The van der Waals surface area contributed by atoms with Crippen molar-refractivity contribution in [3.63, 3.8) is 0 Å². The number of carbonyl (C=O) groups excluding carboxylic acids is 1. The Hall–Kier alpha value is -0.870. The zero-order valence-corrected chi connectivity index (χ0v) is 14.1. The molecule has 2 N–H and O–H groups in total. The Morgan fingerprint density at radius 1 is 1.35 bits per heavy atom. The van der Waals surface area contributed by atoms with Gasteiger partial charge in [0.1, 0.15) is 11.5 Å². The summed E-state index contributed by atoms with van der Waals surface area (Å²) in [4.78, 5) is 12.1. The van der Waals surface area contributed by atoms with Gasteiger partial charge in [-0.3, -0.25) is 4.79 Å². The van der Waals surface area contributed by atoms with Crippen LogP contribution in [0.4, 0.5) is 0 Å². The van der Waals surface area contributed by atoms with E-state index in [4.69, 9.17) is 10.5 Å². The number of carbonyl (C=O) groups is 1. The van der Waals surface area contributed by atoms with Gasteiger partial charge >= 0.3 is 0 Å². The molecule has 4 heteroatoms. The van der Waals surface area contributed by atoms with Crippen LogP contribution in [0.1, 0.15) is 38.7 Å². The molecule has 0 fully saturated rings. The van der Waals surface area contributed by atoms with Crippen molar-refractivity contribution in [1.29, 1.82) is 0 Å². The summed E-state index contributed by atoms with van der Waals surface area (Å²) in [5, 5.41) is 0. The van der Waals surface area contributed by atoms with Gasteiger partial charge in [-0.25, -0.2) is 0 Å². The fraction of sp³-hybridized carbons (Fsp3) is 0.562. The van der Waals surface area contributed by atoms with Crippen molar-refractivity contribution in [1.82, 2.24) is 0 Å². The van der Waals surface area contributed by atoms with Crippen molar-refractivity contribution in [2.24, 2.45) is 11.1 Å². The van der Waals surface area contributed by atoms with Gasteiger partial charge in [0, 0.05) is 22.9 Å². The van der Waals surface area contributed by atoms with Gasteiger partial charge in [0.2, 0.25) is 0 Å². The van der Waals surface area contributed by atoms with Crippen LogP contribution in [0.15, 0.2) is 22.7 Å². The molecule has 0 aliphatic heterocycles. The lowest BCUT2D eigenvalue weighted by molar-refractivity contribution is -0.119. The predicted molar refractivity (Wildman–Crippen MR) is 86.1 cm³/mol. The molecule has 3 nitrogen and oxygen atoms in total. The molecule has 0 atom stereocenters. The minimum Gasteiger partial charge on any atom is -0.496 e.